The molecule has 0 saturated heterocycles. The summed E-state index contributed by atoms with van der Waals surface area (Å²) in [6.07, 6.45) is -3.10. The van der Waals surface area contributed by atoms with Crippen LogP contribution in [0.25, 0.3) is 66.5 Å². The highest BCUT2D eigenvalue weighted by Gasteiger charge is 2.38. The van der Waals surface area contributed by atoms with Gasteiger partial charge in [0.2, 0.25) is 0 Å². The van der Waals surface area contributed by atoms with Crippen LogP contribution in [0.5, 0.6) is 0 Å². The maximum Gasteiger partial charge on any atom is 0.339 e. The van der Waals surface area contributed by atoms with Gasteiger partial charge in [-0.05, 0) is 194 Å². The van der Waals surface area contributed by atoms with Crippen LogP contribution in [-0.4, -0.2) is 96.5 Å². The van der Waals surface area contributed by atoms with Crippen LogP contribution in [0.2, 0.25) is 15.1 Å². The number of H-pyrrole nitrogens is 1. The zero-order valence-electron chi connectivity index (χ0n) is 57.8. The van der Waals surface area contributed by atoms with Crippen LogP contribution in [0.1, 0.15) is 148 Å². The Labute approximate surface area is 592 Å². The summed E-state index contributed by atoms with van der Waals surface area (Å²) in [5.74, 6) is -2.05. The summed E-state index contributed by atoms with van der Waals surface area (Å²) in [4.78, 5) is 55.7. The summed E-state index contributed by atoms with van der Waals surface area (Å²) in [6, 6.07) is 22.3. The Kier molecular flexibility index (Phi) is 28.1. The van der Waals surface area contributed by atoms with Gasteiger partial charge in [-0.25, -0.2) is 38.1 Å². The number of carbonyl (C=O) groups excluding carboxylic acids is 2. The van der Waals surface area contributed by atoms with Crippen LogP contribution in [0, 0.1) is 62.3 Å². The molecule has 0 amide bonds. The van der Waals surface area contributed by atoms with Crippen LogP contribution >= 0.6 is 75.3 Å². The van der Waals surface area contributed by atoms with Crippen LogP contribution in [0.4, 0.5) is 8.78 Å². The van der Waals surface area contributed by atoms with Gasteiger partial charge < -0.3 is 42.9 Å². The third-order valence-electron chi connectivity index (χ3n) is 15.9. The van der Waals surface area contributed by atoms with E-state index in [0.717, 1.165) is 89.0 Å². The number of methoxy groups -OCH3 is 2. The van der Waals surface area contributed by atoms with E-state index in [4.69, 9.17) is 73.4 Å². The molecule has 0 radical (unpaired) electrons. The number of nitrogens with one attached hydrogen (secondary N) is 1. The van der Waals surface area contributed by atoms with Crippen LogP contribution in [-0.2, 0) is 51.2 Å². The molecule has 0 spiro atoms. The molecule has 3 atom stereocenters. The summed E-state index contributed by atoms with van der Waals surface area (Å²) in [7, 11) is 2.72. The Hall–Kier alpha value is -6.20. The van der Waals surface area contributed by atoms with Crippen molar-refractivity contribution in [3.63, 3.8) is 0 Å². The first-order valence-electron chi connectivity index (χ1n) is 30.3. The second-order valence-electron chi connectivity index (χ2n) is 25.8. The molecule has 0 aliphatic carbocycles. The highest BCUT2D eigenvalue weighted by Crippen LogP contribution is 2.46. The van der Waals surface area contributed by atoms with Gasteiger partial charge in [0.15, 0.2) is 18.3 Å². The summed E-state index contributed by atoms with van der Waals surface area (Å²) in [5.41, 5.74) is 14.9. The molecule has 2 N–H and O–H groups in total. The van der Waals surface area contributed by atoms with E-state index in [1.54, 1.807) is 31.2 Å². The van der Waals surface area contributed by atoms with E-state index in [9.17, 15) is 28.3 Å². The van der Waals surface area contributed by atoms with Crippen molar-refractivity contribution >= 4 is 126 Å². The monoisotopic (exact) mass is 1420 g/mol. The molecule has 0 aliphatic heterocycles. The third-order valence-corrected chi connectivity index (χ3v) is 16.7. The first-order valence-corrected chi connectivity index (χ1v) is 31.4. The molecule has 0 fully saturated rings. The number of halogens is 5. The van der Waals surface area contributed by atoms with Crippen LogP contribution < -0.4 is 0 Å². The summed E-state index contributed by atoms with van der Waals surface area (Å²) in [6.45, 7) is 33.6. The lowest BCUT2D eigenvalue weighted by Crippen LogP contribution is -2.29. The number of rotatable bonds is 16. The van der Waals surface area contributed by atoms with E-state index >= 15 is 0 Å². The number of carboxylic acid groups (broad SMARTS) is 1. The fourth-order valence-corrected chi connectivity index (χ4v) is 12.0. The number of alkyl halides is 2. The highest BCUT2D eigenvalue weighted by atomic mass is 35.5. The smallest absolute Gasteiger partial charge is 0.339 e. The molecule has 6 heterocycles. The standard InChI is InChI=1S/C25H30ClFN2O3.C24H28ClFN2O3.C23H27ClN2O3.3H2S/c1-14-16(3)29(13-12-27)23-19(14)21(17-8-10-18(26)11-9-17)20(15(2)28-23)22(24(30)31-7)32-25(4,5)6;1-13-15(3)28(12-11-26)22-18(13)20(16-7-9-17(25)10-8-16)19(14(2)27-22)21(23(29)30)31-24(4,5)6;1-12-13(2)25-21-17(12)19(15-8-10-16(24)11-9-15)18(14(3)26-21)20(22(27)28-7)29-23(4,5)6;;;/h8-11,22H,12-13H2,1-7H3;7-10,21H,11-12H2,1-6H3,(H,29,30);8-11,20H,1-7H3,(H,25,26);3*1H2/t22-;21-;20-;;;/m000.../s1. The number of nitrogens with zero attached hydrogens (tertiary/aromatic N) is 5. The van der Waals surface area contributed by atoms with Gasteiger partial charge in [0.05, 0.1) is 44.1 Å². The number of aliphatic carboxylic acids is 1. The minimum Gasteiger partial charge on any atom is -0.479 e. The Morgan fingerprint density at radius 3 is 1.07 bits per heavy atom. The molecule has 9 aromatic rings. The van der Waals surface area contributed by atoms with Crippen molar-refractivity contribution in [2.45, 2.75) is 173 Å². The Bertz CT molecular complexity index is 4210. The van der Waals surface area contributed by atoms with E-state index in [1.807, 2.05) is 175 Å². The number of pyridine rings is 3. The number of aromatic amines is 1. The van der Waals surface area contributed by atoms with E-state index < -0.39 is 66.4 Å². The van der Waals surface area contributed by atoms with Crippen molar-refractivity contribution in [1.82, 2.24) is 29.1 Å². The average Bonchev–Trinajstić information content (AvgIpc) is 1.67. The molecular weight excluding hydrogens is 1330 g/mol. The number of aryl methyl sites for hydroxylation is 9. The molecule has 0 saturated carbocycles. The van der Waals surface area contributed by atoms with Crippen molar-refractivity contribution in [2.75, 3.05) is 27.6 Å². The number of hydrogen-bond donors (Lipinski definition) is 2. The van der Waals surface area contributed by atoms with Gasteiger partial charge >= 0.3 is 17.9 Å². The van der Waals surface area contributed by atoms with Crippen molar-refractivity contribution in [2.24, 2.45) is 0 Å². The number of aromatic nitrogens is 6. The van der Waals surface area contributed by atoms with Gasteiger partial charge in [0.1, 0.15) is 30.3 Å². The third kappa shape index (κ3) is 18.1. The number of carboxylic acids is 1. The summed E-state index contributed by atoms with van der Waals surface area (Å²) in [5, 5.41) is 14.6. The quantitative estimate of drug-likeness (QED) is 0.0875. The number of hydrogen-bond acceptors (Lipinski definition) is 11. The predicted octanol–water partition coefficient (Wildman–Crippen LogP) is 18.6. The molecule has 0 aliphatic rings. The summed E-state index contributed by atoms with van der Waals surface area (Å²) >= 11 is 18.4. The van der Waals surface area contributed by atoms with E-state index in [2.05, 4.69) is 4.98 Å². The molecule has 6 aromatic heterocycles. The second kappa shape index (κ2) is 32.9. The minimum atomic E-state index is -1.22. The maximum absolute atomic E-state index is 13.4. The fourth-order valence-electron chi connectivity index (χ4n) is 11.6. The minimum absolute atomic E-state index is 0. The van der Waals surface area contributed by atoms with Gasteiger partial charge in [0, 0.05) is 98.8 Å². The van der Waals surface area contributed by atoms with Crippen molar-refractivity contribution in [3.05, 3.63) is 155 Å². The Morgan fingerprint density at radius 1 is 0.484 bits per heavy atom. The largest absolute Gasteiger partial charge is 0.479 e. The van der Waals surface area contributed by atoms with Gasteiger partial charge in [-0.2, -0.15) is 40.5 Å². The van der Waals surface area contributed by atoms with Gasteiger partial charge in [-0.3, -0.25) is 0 Å². The van der Waals surface area contributed by atoms with Crippen molar-refractivity contribution < 1.29 is 52.0 Å². The lowest BCUT2D eigenvalue weighted by atomic mass is 9.91. The fraction of sp³-hybridized carbons (Fsp3) is 0.417. The first kappa shape index (κ1) is 81.2. The lowest BCUT2D eigenvalue weighted by Gasteiger charge is -2.28. The topological polar surface area (TPSA) is 182 Å². The van der Waals surface area contributed by atoms with Crippen LogP contribution in [0.15, 0.2) is 72.8 Å². The summed E-state index contributed by atoms with van der Waals surface area (Å²) < 4.78 is 59.0. The molecule has 0 bridgehead atoms. The highest BCUT2D eigenvalue weighted by molar-refractivity contribution is 7.59. The van der Waals surface area contributed by atoms with Crippen LogP contribution in [0.3, 0.4) is 0 Å². The zero-order valence-corrected chi connectivity index (χ0v) is 63.1. The molecular formula is C72H91Cl3F2N6O9S3. The van der Waals surface area contributed by atoms with Gasteiger partial charge in [-0.15, -0.1) is 0 Å². The number of esters is 2. The molecule has 516 valence electrons. The van der Waals surface area contributed by atoms with E-state index in [0.29, 0.717) is 60.1 Å². The normalized spacial score (nSPS) is 12.6. The van der Waals surface area contributed by atoms with Gasteiger partial charge in [0.25, 0.3) is 0 Å². The number of carbonyl (C=O) groups is 3. The van der Waals surface area contributed by atoms with E-state index in [-0.39, 0.29) is 53.6 Å². The Morgan fingerprint density at radius 2 is 0.779 bits per heavy atom. The Balaban J connectivity index is 0.000000299. The first-order chi connectivity index (χ1) is 43.0. The van der Waals surface area contributed by atoms with Crippen molar-refractivity contribution in [1.29, 1.82) is 0 Å². The van der Waals surface area contributed by atoms with Gasteiger partial charge in [-0.1, -0.05) is 71.2 Å². The molecule has 15 nitrogen and oxygen atoms in total. The second-order valence-corrected chi connectivity index (χ2v) is 27.1. The lowest BCUT2D eigenvalue weighted by molar-refractivity contribution is -0.164. The number of fused-ring (bicyclic) bond motifs is 3. The average molecular weight is 1430 g/mol. The van der Waals surface area contributed by atoms with E-state index in [1.165, 1.54) is 14.2 Å². The molecule has 9 rings (SSSR count). The molecule has 0 unspecified atom stereocenters. The zero-order chi connectivity index (χ0) is 68.4. The molecule has 3 aromatic carbocycles. The molecule has 23 heteroatoms. The number of benzene rings is 3. The predicted molar refractivity (Wildman–Crippen MR) is 395 cm³/mol. The number of ether oxygens (including phenoxy) is 5. The SMILES string of the molecule is COC(=O)[C@@H](OC(C)(C)C)c1c(C)nc2[nH]c(C)c(C)c2c1-c1ccc(Cl)cc1.COC(=O)[C@@H](OC(C)(C)C)c1c(C)nc2c(c(C)c(C)n2CCF)c1-c1ccc(Cl)cc1.Cc1nc2c(c(C)c(C)n2CCF)c(-c2ccc(Cl)cc2)c1[C@H](OC(C)(C)C)C(=O)O.S.S.S. The maximum atomic E-state index is 13.4. The van der Waals surface area contributed by atoms with Crippen molar-refractivity contribution in [3.8, 4) is 33.4 Å². The molecule has 95 heavy (non-hydrogen) atoms.